The van der Waals surface area contributed by atoms with E-state index in [9.17, 15) is 4.79 Å². The van der Waals surface area contributed by atoms with E-state index in [0.717, 1.165) is 6.42 Å². The molecule has 1 aliphatic heterocycles. The lowest BCUT2D eigenvalue weighted by Gasteiger charge is -2.23. The van der Waals surface area contributed by atoms with Crippen molar-refractivity contribution in [2.45, 2.75) is 12.5 Å². The highest BCUT2D eigenvalue weighted by molar-refractivity contribution is 6.33. The Balaban J connectivity index is 2.21. The Morgan fingerprint density at radius 1 is 1.61 bits per heavy atom. The molecule has 1 aliphatic rings. The lowest BCUT2D eigenvalue weighted by atomic mass is 10.2. The fourth-order valence-corrected chi connectivity index (χ4v) is 2.08. The van der Waals surface area contributed by atoms with Crippen LogP contribution in [0.3, 0.4) is 0 Å². The van der Waals surface area contributed by atoms with Gasteiger partial charge in [-0.2, -0.15) is 0 Å². The zero-order chi connectivity index (χ0) is 13.1. The van der Waals surface area contributed by atoms with Crippen LogP contribution < -0.4 is 5.32 Å². The Hall–Kier alpha value is -1.33. The molecule has 2 heterocycles. The summed E-state index contributed by atoms with van der Waals surface area (Å²) in [6.07, 6.45) is 0.853. The van der Waals surface area contributed by atoms with Gasteiger partial charge >= 0.3 is 0 Å². The first kappa shape index (κ1) is 13.1. The molecule has 0 aliphatic carbocycles. The normalized spacial score (nSPS) is 18.7. The number of hydrogen-bond donors (Lipinski definition) is 1. The van der Waals surface area contributed by atoms with Gasteiger partial charge in [0.15, 0.2) is 0 Å². The average molecular weight is 270 g/mol. The van der Waals surface area contributed by atoms with E-state index < -0.39 is 0 Å². The molecule has 1 unspecified atom stereocenters. The van der Waals surface area contributed by atoms with Crippen molar-refractivity contribution >= 4 is 23.3 Å². The number of likely N-dealkylation sites (N-methyl/N-ethyl adjacent to an activating group) is 1. The predicted octanol–water partition coefficient (Wildman–Crippen LogP) is 1.64. The van der Waals surface area contributed by atoms with Crippen molar-refractivity contribution in [3.8, 4) is 0 Å². The molecule has 0 bridgehead atoms. The van der Waals surface area contributed by atoms with E-state index in [1.165, 1.54) is 0 Å². The first-order chi connectivity index (χ1) is 8.63. The highest BCUT2D eigenvalue weighted by atomic mass is 35.5. The molecule has 1 N–H and O–H groups in total. The molecule has 2 rings (SSSR count). The van der Waals surface area contributed by atoms with Gasteiger partial charge in [-0.1, -0.05) is 11.6 Å². The molecule has 0 spiro atoms. The summed E-state index contributed by atoms with van der Waals surface area (Å²) in [4.78, 5) is 18.2. The van der Waals surface area contributed by atoms with Crippen LogP contribution in [-0.4, -0.2) is 49.1 Å². The second kappa shape index (κ2) is 5.54. The summed E-state index contributed by atoms with van der Waals surface area (Å²) >= 11 is 6.03. The lowest BCUT2D eigenvalue weighted by Crippen LogP contribution is -2.38. The number of amides is 1. The topological polar surface area (TPSA) is 54.5 Å². The zero-order valence-corrected chi connectivity index (χ0v) is 11.2. The predicted molar refractivity (Wildman–Crippen MR) is 70.1 cm³/mol. The van der Waals surface area contributed by atoms with Crippen LogP contribution in [0.4, 0.5) is 5.82 Å². The van der Waals surface area contributed by atoms with E-state index in [-0.39, 0.29) is 17.6 Å². The maximum absolute atomic E-state index is 12.3. The van der Waals surface area contributed by atoms with Crippen molar-refractivity contribution in [3.05, 3.63) is 22.8 Å². The molecule has 1 aromatic heterocycles. The number of anilines is 1. The zero-order valence-electron chi connectivity index (χ0n) is 10.4. The molecule has 0 aromatic carbocycles. The Morgan fingerprint density at radius 2 is 2.39 bits per heavy atom. The quantitative estimate of drug-likeness (QED) is 0.906. The van der Waals surface area contributed by atoms with E-state index >= 15 is 0 Å². The van der Waals surface area contributed by atoms with Crippen LogP contribution >= 0.6 is 11.6 Å². The SMILES string of the molecule is CNc1ccc(Cl)c(C(=O)N(C)C2CCOC2)n1. The van der Waals surface area contributed by atoms with Crippen LogP contribution in [0.2, 0.25) is 5.02 Å². The van der Waals surface area contributed by atoms with Gasteiger partial charge in [0.1, 0.15) is 11.5 Å². The van der Waals surface area contributed by atoms with Crippen molar-refractivity contribution < 1.29 is 9.53 Å². The Bertz CT molecular complexity index is 447. The number of halogens is 1. The molecule has 98 valence electrons. The number of pyridine rings is 1. The summed E-state index contributed by atoms with van der Waals surface area (Å²) < 4.78 is 5.28. The minimum atomic E-state index is -0.174. The summed E-state index contributed by atoms with van der Waals surface area (Å²) in [5, 5.41) is 3.26. The third-order valence-corrected chi connectivity index (χ3v) is 3.38. The minimum absolute atomic E-state index is 0.105. The highest BCUT2D eigenvalue weighted by Gasteiger charge is 2.27. The monoisotopic (exact) mass is 269 g/mol. The van der Waals surface area contributed by atoms with Gasteiger partial charge in [0.2, 0.25) is 0 Å². The lowest BCUT2D eigenvalue weighted by molar-refractivity contribution is 0.0706. The van der Waals surface area contributed by atoms with Gasteiger partial charge in [-0.15, -0.1) is 0 Å². The van der Waals surface area contributed by atoms with E-state index in [1.807, 2.05) is 0 Å². The van der Waals surface area contributed by atoms with Gasteiger partial charge < -0.3 is 15.0 Å². The summed E-state index contributed by atoms with van der Waals surface area (Å²) in [6, 6.07) is 3.51. The molecule has 5 nitrogen and oxygen atoms in total. The van der Waals surface area contributed by atoms with Crippen molar-refractivity contribution in [3.63, 3.8) is 0 Å². The van der Waals surface area contributed by atoms with Crippen molar-refractivity contribution in [1.82, 2.24) is 9.88 Å². The summed E-state index contributed by atoms with van der Waals surface area (Å²) in [5.74, 6) is 0.450. The molecular formula is C12H16ClN3O2. The molecule has 1 saturated heterocycles. The Labute approximate surface area is 111 Å². The van der Waals surface area contributed by atoms with E-state index in [4.69, 9.17) is 16.3 Å². The van der Waals surface area contributed by atoms with E-state index in [1.54, 1.807) is 31.1 Å². The number of aromatic nitrogens is 1. The summed E-state index contributed by atoms with van der Waals surface area (Å²) in [5.41, 5.74) is 0.276. The van der Waals surface area contributed by atoms with Crippen LogP contribution in [0.5, 0.6) is 0 Å². The van der Waals surface area contributed by atoms with Crippen molar-refractivity contribution in [1.29, 1.82) is 0 Å². The van der Waals surface area contributed by atoms with Gasteiger partial charge in [0, 0.05) is 20.7 Å². The molecule has 1 aromatic rings. The van der Waals surface area contributed by atoms with Gasteiger partial charge in [-0.05, 0) is 18.6 Å². The molecule has 18 heavy (non-hydrogen) atoms. The summed E-state index contributed by atoms with van der Waals surface area (Å²) in [6.45, 7) is 1.27. The minimum Gasteiger partial charge on any atom is -0.379 e. The van der Waals surface area contributed by atoms with Crippen LogP contribution in [0.15, 0.2) is 12.1 Å². The first-order valence-electron chi connectivity index (χ1n) is 5.82. The smallest absolute Gasteiger partial charge is 0.274 e. The standard InChI is InChI=1S/C12H16ClN3O2/c1-14-10-4-3-9(13)11(15-10)12(17)16(2)8-5-6-18-7-8/h3-4,8H,5-7H2,1-2H3,(H,14,15). The molecule has 1 atom stereocenters. The first-order valence-corrected chi connectivity index (χ1v) is 6.20. The van der Waals surface area contributed by atoms with E-state index in [2.05, 4.69) is 10.3 Å². The number of nitrogens with zero attached hydrogens (tertiary/aromatic N) is 2. The van der Waals surface area contributed by atoms with Crippen LogP contribution in [0, 0.1) is 0 Å². The number of rotatable bonds is 3. The van der Waals surface area contributed by atoms with Crippen LogP contribution in [-0.2, 0) is 4.74 Å². The molecule has 1 amide bonds. The van der Waals surface area contributed by atoms with Gasteiger partial charge in [-0.3, -0.25) is 4.79 Å². The molecule has 0 radical (unpaired) electrons. The number of carbonyl (C=O) groups is 1. The van der Waals surface area contributed by atoms with Crippen LogP contribution in [0.25, 0.3) is 0 Å². The fourth-order valence-electron chi connectivity index (χ4n) is 1.89. The molecular weight excluding hydrogens is 254 g/mol. The Kier molecular flexibility index (Phi) is 4.04. The average Bonchev–Trinajstić information content (AvgIpc) is 2.91. The number of nitrogens with one attached hydrogen (secondary N) is 1. The Morgan fingerprint density at radius 3 is 3.00 bits per heavy atom. The second-order valence-electron chi connectivity index (χ2n) is 4.21. The number of carbonyl (C=O) groups excluding carboxylic acids is 1. The van der Waals surface area contributed by atoms with Gasteiger partial charge in [-0.25, -0.2) is 4.98 Å². The maximum atomic E-state index is 12.3. The second-order valence-corrected chi connectivity index (χ2v) is 4.62. The third-order valence-electron chi connectivity index (χ3n) is 3.08. The molecule has 6 heteroatoms. The third kappa shape index (κ3) is 2.57. The van der Waals surface area contributed by atoms with E-state index in [0.29, 0.717) is 24.1 Å². The van der Waals surface area contributed by atoms with Crippen molar-refractivity contribution in [2.75, 3.05) is 32.6 Å². The maximum Gasteiger partial charge on any atom is 0.274 e. The summed E-state index contributed by atoms with van der Waals surface area (Å²) in [7, 11) is 3.50. The molecule has 1 fully saturated rings. The highest BCUT2D eigenvalue weighted by Crippen LogP contribution is 2.20. The van der Waals surface area contributed by atoms with Crippen molar-refractivity contribution in [2.24, 2.45) is 0 Å². The van der Waals surface area contributed by atoms with Crippen LogP contribution in [0.1, 0.15) is 16.9 Å². The fraction of sp³-hybridized carbons (Fsp3) is 0.500. The molecule has 0 saturated carbocycles. The van der Waals surface area contributed by atoms with Gasteiger partial charge in [0.25, 0.3) is 5.91 Å². The van der Waals surface area contributed by atoms with Gasteiger partial charge in [0.05, 0.1) is 17.7 Å². The number of hydrogen-bond acceptors (Lipinski definition) is 4. The number of ether oxygens (including phenoxy) is 1. The largest absolute Gasteiger partial charge is 0.379 e.